The molecule has 0 radical (unpaired) electrons. The Kier molecular flexibility index (Phi) is 4.07. The normalized spacial score (nSPS) is 31.4. The predicted molar refractivity (Wildman–Crippen MR) is 85.1 cm³/mol. The van der Waals surface area contributed by atoms with Gasteiger partial charge in [0.05, 0.1) is 0 Å². The Morgan fingerprint density at radius 3 is 2.75 bits per heavy atom. The summed E-state index contributed by atoms with van der Waals surface area (Å²) in [5, 5.41) is 4.64. The standard InChI is InChI=1S/C17H25ClN2/c1-3-15-11-20(10-13-6-4-5-7-16(13)18)17(2,12-19-15)14-8-9-14/h4-7,14-15,19H,3,8-12H2,1-2H3. The van der Waals surface area contributed by atoms with Crippen molar-refractivity contribution in [3.8, 4) is 0 Å². The molecular weight excluding hydrogens is 268 g/mol. The molecule has 2 nitrogen and oxygen atoms in total. The van der Waals surface area contributed by atoms with Gasteiger partial charge >= 0.3 is 0 Å². The number of piperazine rings is 1. The Balaban J connectivity index is 1.81. The lowest BCUT2D eigenvalue weighted by atomic mass is 9.88. The molecular formula is C17H25ClN2. The second-order valence-electron chi connectivity index (χ2n) is 6.59. The zero-order valence-electron chi connectivity index (χ0n) is 12.5. The van der Waals surface area contributed by atoms with Crippen LogP contribution in [0.25, 0.3) is 0 Å². The molecule has 1 heterocycles. The number of hydrogen-bond acceptors (Lipinski definition) is 2. The Labute approximate surface area is 127 Å². The van der Waals surface area contributed by atoms with Crippen molar-refractivity contribution >= 4 is 11.6 Å². The molecule has 1 aromatic rings. The summed E-state index contributed by atoms with van der Waals surface area (Å²) in [5.41, 5.74) is 1.56. The highest BCUT2D eigenvalue weighted by molar-refractivity contribution is 6.31. The van der Waals surface area contributed by atoms with Crippen LogP contribution in [-0.4, -0.2) is 29.6 Å². The van der Waals surface area contributed by atoms with Crippen molar-refractivity contribution in [2.75, 3.05) is 13.1 Å². The van der Waals surface area contributed by atoms with Crippen LogP contribution in [0.1, 0.15) is 38.7 Å². The second-order valence-corrected chi connectivity index (χ2v) is 7.00. The molecule has 1 saturated carbocycles. The maximum absolute atomic E-state index is 6.36. The molecule has 1 aliphatic heterocycles. The van der Waals surface area contributed by atoms with Crippen LogP contribution in [0.3, 0.4) is 0 Å². The maximum Gasteiger partial charge on any atom is 0.0451 e. The van der Waals surface area contributed by atoms with Crippen LogP contribution in [-0.2, 0) is 6.54 Å². The molecule has 0 bridgehead atoms. The lowest BCUT2D eigenvalue weighted by Gasteiger charge is -2.49. The van der Waals surface area contributed by atoms with Crippen LogP contribution < -0.4 is 5.32 Å². The van der Waals surface area contributed by atoms with E-state index in [1.165, 1.54) is 24.8 Å². The molecule has 1 aliphatic carbocycles. The average molecular weight is 293 g/mol. The highest BCUT2D eigenvalue weighted by Gasteiger charge is 2.47. The first-order chi connectivity index (χ1) is 9.63. The monoisotopic (exact) mass is 292 g/mol. The molecule has 2 unspecified atom stereocenters. The SMILES string of the molecule is CCC1CN(Cc2ccccc2Cl)C(C)(C2CC2)CN1. The van der Waals surface area contributed by atoms with Crippen molar-refractivity contribution < 1.29 is 0 Å². The van der Waals surface area contributed by atoms with Gasteiger partial charge in [-0.2, -0.15) is 0 Å². The van der Waals surface area contributed by atoms with Crippen molar-refractivity contribution in [3.63, 3.8) is 0 Å². The maximum atomic E-state index is 6.36. The summed E-state index contributed by atoms with van der Waals surface area (Å²) >= 11 is 6.36. The van der Waals surface area contributed by atoms with E-state index in [0.717, 1.165) is 30.6 Å². The van der Waals surface area contributed by atoms with E-state index < -0.39 is 0 Å². The van der Waals surface area contributed by atoms with E-state index >= 15 is 0 Å². The van der Waals surface area contributed by atoms with Gasteiger partial charge in [-0.25, -0.2) is 0 Å². The molecule has 1 saturated heterocycles. The number of rotatable bonds is 4. The Hall–Kier alpha value is -0.570. The molecule has 2 fully saturated rings. The van der Waals surface area contributed by atoms with E-state index in [9.17, 15) is 0 Å². The zero-order valence-corrected chi connectivity index (χ0v) is 13.3. The predicted octanol–water partition coefficient (Wildman–Crippen LogP) is 3.69. The minimum atomic E-state index is 0.296. The van der Waals surface area contributed by atoms with Gasteiger partial charge in [-0.15, -0.1) is 0 Å². The van der Waals surface area contributed by atoms with E-state index in [2.05, 4.69) is 36.2 Å². The van der Waals surface area contributed by atoms with Crippen molar-refractivity contribution in [1.29, 1.82) is 0 Å². The van der Waals surface area contributed by atoms with Gasteiger partial charge < -0.3 is 5.32 Å². The summed E-state index contributed by atoms with van der Waals surface area (Å²) in [6.45, 7) is 7.92. The first kappa shape index (κ1) is 14.4. The third-order valence-corrected chi connectivity index (χ3v) is 5.55. The van der Waals surface area contributed by atoms with Gasteiger partial charge in [0.15, 0.2) is 0 Å². The first-order valence-electron chi connectivity index (χ1n) is 7.85. The van der Waals surface area contributed by atoms with Gasteiger partial charge in [0.2, 0.25) is 0 Å². The number of hydrogen-bond donors (Lipinski definition) is 1. The summed E-state index contributed by atoms with van der Waals surface area (Å²) < 4.78 is 0. The summed E-state index contributed by atoms with van der Waals surface area (Å²) in [7, 11) is 0. The Bertz CT molecular complexity index is 472. The number of benzene rings is 1. The molecule has 1 aromatic carbocycles. The van der Waals surface area contributed by atoms with Crippen molar-refractivity contribution in [2.45, 2.75) is 51.2 Å². The fourth-order valence-electron chi connectivity index (χ4n) is 3.46. The van der Waals surface area contributed by atoms with Crippen molar-refractivity contribution in [2.24, 2.45) is 5.92 Å². The molecule has 1 N–H and O–H groups in total. The molecule has 0 amide bonds. The topological polar surface area (TPSA) is 15.3 Å². The largest absolute Gasteiger partial charge is 0.311 e. The number of halogens is 1. The van der Waals surface area contributed by atoms with Crippen molar-refractivity contribution in [1.82, 2.24) is 10.2 Å². The van der Waals surface area contributed by atoms with Gasteiger partial charge in [-0.3, -0.25) is 4.90 Å². The average Bonchev–Trinajstić information content (AvgIpc) is 3.28. The summed E-state index contributed by atoms with van der Waals surface area (Å²) in [6, 6.07) is 8.89. The molecule has 3 heteroatoms. The van der Waals surface area contributed by atoms with E-state index in [0.29, 0.717) is 11.6 Å². The molecule has 3 rings (SSSR count). The summed E-state index contributed by atoms with van der Waals surface area (Å²) in [6.07, 6.45) is 3.96. The minimum Gasteiger partial charge on any atom is -0.311 e. The Morgan fingerprint density at radius 1 is 1.35 bits per heavy atom. The first-order valence-corrected chi connectivity index (χ1v) is 8.23. The van der Waals surface area contributed by atoms with Gasteiger partial charge in [0.25, 0.3) is 0 Å². The molecule has 0 spiro atoms. The van der Waals surface area contributed by atoms with Crippen LogP contribution in [0, 0.1) is 5.92 Å². The third-order valence-electron chi connectivity index (χ3n) is 5.18. The van der Waals surface area contributed by atoms with E-state index in [1.54, 1.807) is 0 Å². The van der Waals surface area contributed by atoms with Gasteiger partial charge in [0, 0.05) is 36.2 Å². The van der Waals surface area contributed by atoms with Gasteiger partial charge in [-0.05, 0) is 43.7 Å². The van der Waals surface area contributed by atoms with Crippen LogP contribution in [0.15, 0.2) is 24.3 Å². The molecule has 2 aliphatic rings. The lowest BCUT2D eigenvalue weighted by Crippen LogP contribution is -2.63. The van der Waals surface area contributed by atoms with Crippen molar-refractivity contribution in [3.05, 3.63) is 34.9 Å². The minimum absolute atomic E-state index is 0.296. The lowest BCUT2D eigenvalue weighted by molar-refractivity contribution is 0.0271. The number of nitrogens with zero attached hydrogens (tertiary/aromatic N) is 1. The van der Waals surface area contributed by atoms with Crippen LogP contribution in [0.2, 0.25) is 5.02 Å². The smallest absolute Gasteiger partial charge is 0.0451 e. The van der Waals surface area contributed by atoms with Gasteiger partial charge in [0.1, 0.15) is 0 Å². The Morgan fingerprint density at radius 2 is 2.10 bits per heavy atom. The highest BCUT2D eigenvalue weighted by Crippen LogP contribution is 2.44. The molecule has 20 heavy (non-hydrogen) atoms. The van der Waals surface area contributed by atoms with E-state index in [4.69, 9.17) is 11.6 Å². The molecule has 110 valence electrons. The van der Waals surface area contributed by atoms with E-state index in [-0.39, 0.29) is 0 Å². The zero-order chi connectivity index (χ0) is 14.2. The summed E-state index contributed by atoms with van der Waals surface area (Å²) in [4.78, 5) is 2.68. The second kappa shape index (κ2) is 5.67. The fourth-order valence-corrected chi connectivity index (χ4v) is 3.66. The highest BCUT2D eigenvalue weighted by atomic mass is 35.5. The van der Waals surface area contributed by atoms with E-state index in [1.807, 2.05) is 12.1 Å². The molecule has 0 aromatic heterocycles. The molecule has 2 atom stereocenters. The van der Waals surface area contributed by atoms with Gasteiger partial charge in [-0.1, -0.05) is 36.7 Å². The quantitative estimate of drug-likeness (QED) is 0.910. The number of nitrogens with one attached hydrogen (secondary N) is 1. The third kappa shape index (κ3) is 2.74. The van der Waals surface area contributed by atoms with Crippen LogP contribution in [0.4, 0.5) is 0 Å². The summed E-state index contributed by atoms with van der Waals surface area (Å²) in [5.74, 6) is 0.857. The fraction of sp³-hybridized carbons (Fsp3) is 0.647. The van der Waals surface area contributed by atoms with Crippen LogP contribution in [0.5, 0.6) is 0 Å². The van der Waals surface area contributed by atoms with Crippen LogP contribution >= 0.6 is 11.6 Å².